The van der Waals surface area contributed by atoms with Crippen LogP contribution >= 0.6 is 0 Å². The molecule has 2 aliphatic carbocycles. The molecule has 0 bridgehead atoms. The molecule has 0 spiro atoms. The molecule has 0 unspecified atom stereocenters. The highest BCUT2D eigenvalue weighted by Crippen LogP contribution is 2.64. The van der Waals surface area contributed by atoms with Crippen LogP contribution in [0.4, 0.5) is 57.1 Å². The van der Waals surface area contributed by atoms with Crippen LogP contribution in [0.25, 0.3) is 22.3 Å². The third-order valence-corrected chi connectivity index (χ3v) is 8.67. The predicted molar refractivity (Wildman–Crippen MR) is 131 cm³/mol. The zero-order chi connectivity index (χ0) is 32.6. The highest BCUT2D eigenvalue weighted by Gasteiger charge is 2.91. The molecule has 232 valence electrons. The minimum Gasteiger partial charge on any atom is -0.194 e. The second-order valence-corrected chi connectivity index (χ2v) is 11.8. The van der Waals surface area contributed by atoms with Crippen LogP contribution in [-0.2, 0) is 16.8 Å². The van der Waals surface area contributed by atoms with Crippen LogP contribution in [0.3, 0.4) is 0 Å². The quantitative estimate of drug-likeness (QED) is 0.247. The maximum Gasteiger partial charge on any atom is 0.460 e. The van der Waals surface area contributed by atoms with Gasteiger partial charge in [-0.15, -0.1) is 0 Å². The molecule has 0 atom stereocenters. The lowest BCUT2D eigenvalue weighted by Gasteiger charge is -2.40. The van der Waals surface area contributed by atoms with Gasteiger partial charge in [-0.05, 0) is 56.6 Å². The molecule has 5 rings (SSSR count). The SMILES string of the molecule is CC1(C)c2ccccc2-c2cc3c(cc21)-c1c(cccc1C(F)(F)C(F)(F)C(F)(F)C(F)(F)C(F)(F)C(F)(F)F)C3(C)C. The molecule has 0 radical (unpaired) electrons. The number of fused-ring (bicyclic) bond motifs is 6. The van der Waals surface area contributed by atoms with Gasteiger partial charge in [-0.1, -0.05) is 70.2 Å². The zero-order valence-electron chi connectivity index (χ0n) is 22.6. The molecular formula is C30H21F13. The Morgan fingerprint density at radius 1 is 0.442 bits per heavy atom. The molecule has 13 heteroatoms. The van der Waals surface area contributed by atoms with Gasteiger partial charge in [0, 0.05) is 16.4 Å². The number of hydrogen-bond donors (Lipinski definition) is 0. The summed E-state index contributed by atoms with van der Waals surface area (Å²) in [6, 6.07) is 12.4. The zero-order valence-corrected chi connectivity index (χ0v) is 22.6. The fourth-order valence-corrected chi connectivity index (χ4v) is 6.18. The second kappa shape index (κ2) is 8.47. The summed E-state index contributed by atoms with van der Waals surface area (Å²) in [6.07, 6.45) is -7.47. The molecule has 0 saturated carbocycles. The van der Waals surface area contributed by atoms with Gasteiger partial charge in [0.05, 0.1) is 0 Å². The first-order chi connectivity index (χ1) is 19.3. The molecule has 3 aromatic carbocycles. The van der Waals surface area contributed by atoms with Gasteiger partial charge in [0.15, 0.2) is 0 Å². The predicted octanol–water partition coefficient (Wildman–Crippen LogP) is 10.5. The molecule has 0 heterocycles. The summed E-state index contributed by atoms with van der Waals surface area (Å²) in [4.78, 5) is 0. The molecule has 0 aromatic heterocycles. The van der Waals surface area contributed by atoms with Crippen molar-refractivity contribution >= 4 is 0 Å². The Hall–Kier alpha value is -3.25. The van der Waals surface area contributed by atoms with E-state index < -0.39 is 57.7 Å². The van der Waals surface area contributed by atoms with E-state index in [0.717, 1.165) is 17.2 Å². The fourth-order valence-electron chi connectivity index (χ4n) is 6.18. The summed E-state index contributed by atoms with van der Waals surface area (Å²) in [5.41, 5.74) is -1.73. The van der Waals surface area contributed by atoms with E-state index in [0.29, 0.717) is 16.7 Å². The van der Waals surface area contributed by atoms with Gasteiger partial charge in [-0.3, -0.25) is 0 Å². The molecule has 43 heavy (non-hydrogen) atoms. The van der Waals surface area contributed by atoms with E-state index in [2.05, 4.69) is 0 Å². The summed E-state index contributed by atoms with van der Waals surface area (Å²) in [5.74, 6) is -37.4. The Morgan fingerprint density at radius 3 is 1.49 bits per heavy atom. The van der Waals surface area contributed by atoms with E-state index in [4.69, 9.17) is 0 Å². The summed E-state index contributed by atoms with van der Waals surface area (Å²) in [5, 5.41) is 0. The summed E-state index contributed by atoms with van der Waals surface area (Å²) in [6.45, 7) is 6.62. The lowest BCUT2D eigenvalue weighted by atomic mass is 9.79. The van der Waals surface area contributed by atoms with Crippen LogP contribution in [-0.4, -0.2) is 29.9 Å². The average molecular weight is 628 g/mol. The first-order valence-corrected chi connectivity index (χ1v) is 12.7. The van der Waals surface area contributed by atoms with Crippen molar-refractivity contribution in [3.8, 4) is 22.3 Å². The number of alkyl halides is 13. The topological polar surface area (TPSA) is 0 Å². The summed E-state index contributed by atoms with van der Waals surface area (Å²) < 4.78 is 183. The maximum absolute atomic E-state index is 15.6. The third-order valence-electron chi connectivity index (χ3n) is 8.67. The molecule has 0 aliphatic heterocycles. The molecular weight excluding hydrogens is 607 g/mol. The average Bonchev–Trinajstić information content (AvgIpc) is 3.26. The lowest BCUT2D eigenvalue weighted by molar-refractivity contribution is -0.441. The van der Waals surface area contributed by atoms with Crippen molar-refractivity contribution in [2.75, 3.05) is 0 Å². The van der Waals surface area contributed by atoms with Crippen molar-refractivity contribution < 1.29 is 57.1 Å². The van der Waals surface area contributed by atoms with E-state index in [9.17, 15) is 48.3 Å². The van der Waals surface area contributed by atoms with Crippen molar-refractivity contribution in [3.63, 3.8) is 0 Å². The highest BCUT2D eigenvalue weighted by atomic mass is 19.4. The minimum absolute atomic E-state index is 0.0964. The highest BCUT2D eigenvalue weighted by molar-refractivity contribution is 5.90. The van der Waals surface area contributed by atoms with Crippen LogP contribution in [0.2, 0.25) is 0 Å². The van der Waals surface area contributed by atoms with Gasteiger partial charge >= 0.3 is 35.8 Å². The minimum atomic E-state index is -7.96. The van der Waals surface area contributed by atoms with E-state index in [1.165, 1.54) is 26.0 Å². The monoisotopic (exact) mass is 628 g/mol. The number of rotatable bonds is 5. The molecule has 2 aliphatic rings. The molecule has 0 N–H and O–H groups in total. The normalized spacial score (nSPS) is 17.8. The van der Waals surface area contributed by atoms with Crippen LogP contribution < -0.4 is 0 Å². The van der Waals surface area contributed by atoms with Gasteiger partial charge in [-0.2, -0.15) is 57.1 Å². The molecule has 0 amide bonds. The van der Waals surface area contributed by atoms with E-state index >= 15 is 8.78 Å². The largest absolute Gasteiger partial charge is 0.460 e. The van der Waals surface area contributed by atoms with Crippen LogP contribution in [0.15, 0.2) is 54.6 Å². The van der Waals surface area contributed by atoms with Gasteiger partial charge in [0.1, 0.15) is 0 Å². The van der Waals surface area contributed by atoms with Gasteiger partial charge in [0.25, 0.3) is 0 Å². The number of halogens is 13. The molecule has 0 nitrogen and oxygen atoms in total. The second-order valence-electron chi connectivity index (χ2n) is 11.8. The van der Waals surface area contributed by atoms with E-state index in [1.54, 1.807) is 32.0 Å². The standard InChI is InChI=1S/C30H21F13/c1-23(2)17-9-6-5-8-14(17)15-12-21-16(13-20(15)23)22-18(24(21,3)4)10-7-11-19(22)25(31,32)26(33,34)27(35,36)28(37,38)29(39,40)30(41,42)43/h5-13H,1-4H3. The third kappa shape index (κ3) is 3.59. The van der Waals surface area contributed by atoms with Crippen molar-refractivity contribution in [1.29, 1.82) is 0 Å². The fraction of sp³-hybridized carbons (Fsp3) is 0.400. The van der Waals surface area contributed by atoms with Gasteiger partial charge in [-0.25, -0.2) is 0 Å². The van der Waals surface area contributed by atoms with Crippen molar-refractivity contribution in [2.24, 2.45) is 0 Å². The van der Waals surface area contributed by atoms with Gasteiger partial charge < -0.3 is 0 Å². The number of benzene rings is 3. The first-order valence-electron chi connectivity index (χ1n) is 12.7. The molecule has 0 fully saturated rings. The Morgan fingerprint density at radius 2 is 0.907 bits per heavy atom. The van der Waals surface area contributed by atoms with Crippen LogP contribution in [0.5, 0.6) is 0 Å². The Labute approximate surface area is 236 Å². The van der Waals surface area contributed by atoms with Gasteiger partial charge in [0.2, 0.25) is 0 Å². The van der Waals surface area contributed by atoms with E-state index in [-0.39, 0.29) is 17.2 Å². The lowest BCUT2D eigenvalue weighted by Crippen LogP contribution is -2.69. The van der Waals surface area contributed by atoms with Crippen LogP contribution in [0.1, 0.15) is 55.5 Å². The molecule has 0 saturated heterocycles. The Bertz CT molecular complexity index is 1640. The van der Waals surface area contributed by atoms with E-state index in [1.807, 2.05) is 12.1 Å². The van der Waals surface area contributed by atoms with Crippen molar-refractivity contribution in [3.05, 3.63) is 82.4 Å². The first kappa shape index (κ1) is 31.2. The van der Waals surface area contributed by atoms with Crippen LogP contribution in [0, 0.1) is 0 Å². The van der Waals surface area contributed by atoms with Crippen molar-refractivity contribution in [1.82, 2.24) is 0 Å². The summed E-state index contributed by atoms with van der Waals surface area (Å²) in [7, 11) is 0. The maximum atomic E-state index is 15.6. The Balaban J connectivity index is 1.74. The Kier molecular flexibility index (Phi) is 6.14. The smallest absolute Gasteiger partial charge is 0.194 e. The molecule has 3 aromatic rings. The number of hydrogen-bond acceptors (Lipinski definition) is 0. The summed E-state index contributed by atoms with van der Waals surface area (Å²) >= 11 is 0. The van der Waals surface area contributed by atoms with Crippen molar-refractivity contribution in [2.45, 2.75) is 74.3 Å².